The summed E-state index contributed by atoms with van der Waals surface area (Å²) < 4.78 is 13.7. The number of rotatable bonds is 8. The van der Waals surface area contributed by atoms with Crippen LogP contribution in [0, 0.1) is 17.5 Å². The predicted molar refractivity (Wildman–Crippen MR) is 146 cm³/mol. The van der Waals surface area contributed by atoms with Crippen molar-refractivity contribution >= 4 is 23.1 Å². The molecule has 2 aromatic heterocycles. The highest BCUT2D eigenvalue weighted by Gasteiger charge is 2.52. The SMILES string of the molecule is Cc1ccc(C(C)(C)N2CCC(CCc3ccc(F)s3)(C(C)(C)NC(=O)Nc3ccccc3)C2)cn1. The minimum atomic E-state index is -0.502. The normalized spacial score (nSPS) is 18.8. The van der Waals surface area contributed by atoms with E-state index in [0.717, 1.165) is 48.6 Å². The number of amides is 2. The number of hydrogen-bond acceptors (Lipinski definition) is 4. The molecule has 5 nitrogen and oxygen atoms in total. The predicted octanol–water partition coefficient (Wildman–Crippen LogP) is 6.75. The molecule has 2 amide bonds. The van der Waals surface area contributed by atoms with Crippen LogP contribution in [-0.2, 0) is 12.0 Å². The van der Waals surface area contributed by atoms with Gasteiger partial charge in [-0.1, -0.05) is 24.3 Å². The second kappa shape index (κ2) is 10.3. The van der Waals surface area contributed by atoms with Crippen molar-refractivity contribution in [1.82, 2.24) is 15.2 Å². The third-order valence-electron chi connectivity index (χ3n) is 8.02. The molecule has 3 heterocycles. The van der Waals surface area contributed by atoms with Gasteiger partial charge in [0.05, 0.1) is 0 Å². The number of pyridine rings is 1. The molecule has 1 atom stereocenters. The number of carbonyl (C=O) groups excluding carboxylic acids is 1. The smallest absolute Gasteiger partial charge is 0.319 e. The van der Waals surface area contributed by atoms with Crippen LogP contribution in [0.4, 0.5) is 14.9 Å². The maximum absolute atomic E-state index is 13.7. The van der Waals surface area contributed by atoms with Crippen LogP contribution in [0.2, 0.25) is 0 Å². The van der Waals surface area contributed by atoms with Crippen molar-refractivity contribution in [3.63, 3.8) is 0 Å². The molecule has 1 unspecified atom stereocenters. The number of thiophene rings is 1. The highest BCUT2D eigenvalue weighted by molar-refractivity contribution is 7.10. The Labute approximate surface area is 218 Å². The average molecular weight is 509 g/mol. The van der Waals surface area contributed by atoms with E-state index >= 15 is 0 Å². The maximum Gasteiger partial charge on any atom is 0.319 e. The number of aryl methyl sites for hydroxylation is 2. The van der Waals surface area contributed by atoms with Crippen molar-refractivity contribution in [2.24, 2.45) is 5.41 Å². The van der Waals surface area contributed by atoms with Gasteiger partial charge < -0.3 is 10.6 Å². The van der Waals surface area contributed by atoms with Gasteiger partial charge in [0.15, 0.2) is 5.13 Å². The van der Waals surface area contributed by atoms with E-state index in [-0.39, 0.29) is 22.1 Å². The van der Waals surface area contributed by atoms with E-state index < -0.39 is 5.54 Å². The van der Waals surface area contributed by atoms with Crippen molar-refractivity contribution in [2.45, 2.75) is 65.0 Å². The first-order valence-corrected chi connectivity index (χ1v) is 13.4. The van der Waals surface area contributed by atoms with E-state index in [1.165, 1.54) is 23.0 Å². The lowest BCUT2D eigenvalue weighted by molar-refractivity contribution is 0.0794. The first kappa shape index (κ1) is 26.3. The molecule has 0 aliphatic carbocycles. The highest BCUT2D eigenvalue weighted by Crippen LogP contribution is 2.48. The summed E-state index contributed by atoms with van der Waals surface area (Å²) in [5, 5.41) is 6.10. The summed E-state index contributed by atoms with van der Waals surface area (Å²) in [6, 6.07) is 16.9. The molecule has 1 aliphatic heterocycles. The Hall–Kier alpha value is -2.77. The number of benzene rings is 1. The van der Waals surface area contributed by atoms with Crippen LogP contribution >= 0.6 is 11.3 Å². The van der Waals surface area contributed by atoms with E-state index in [2.05, 4.69) is 60.3 Å². The fraction of sp³-hybridized carbons (Fsp3) is 0.448. The number of para-hydroxylation sites is 1. The van der Waals surface area contributed by atoms with Crippen LogP contribution in [0.1, 0.15) is 56.7 Å². The van der Waals surface area contributed by atoms with Gasteiger partial charge in [-0.2, -0.15) is 4.39 Å². The van der Waals surface area contributed by atoms with E-state index in [4.69, 9.17) is 0 Å². The Bertz CT molecular complexity index is 1180. The topological polar surface area (TPSA) is 57.3 Å². The minimum absolute atomic E-state index is 0.153. The molecule has 0 spiro atoms. The molecule has 36 heavy (non-hydrogen) atoms. The number of likely N-dealkylation sites (tertiary alicyclic amines) is 1. The number of urea groups is 1. The Kier molecular flexibility index (Phi) is 7.53. The second-order valence-corrected chi connectivity index (χ2v) is 12.1. The number of hydrogen-bond donors (Lipinski definition) is 2. The van der Waals surface area contributed by atoms with Gasteiger partial charge in [0.1, 0.15) is 0 Å². The summed E-state index contributed by atoms with van der Waals surface area (Å²) >= 11 is 1.21. The third kappa shape index (κ3) is 5.62. The van der Waals surface area contributed by atoms with Gasteiger partial charge in [0, 0.05) is 45.5 Å². The molecule has 4 rings (SSSR count). The van der Waals surface area contributed by atoms with Crippen molar-refractivity contribution in [2.75, 3.05) is 18.4 Å². The molecule has 1 aliphatic rings. The third-order valence-corrected chi connectivity index (χ3v) is 8.96. The van der Waals surface area contributed by atoms with Crippen molar-refractivity contribution in [1.29, 1.82) is 0 Å². The molecule has 1 saturated heterocycles. The summed E-state index contributed by atoms with van der Waals surface area (Å²) in [5.74, 6) is 0. The van der Waals surface area contributed by atoms with E-state index in [0.29, 0.717) is 0 Å². The van der Waals surface area contributed by atoms with Crippen LogP contribution in [0.25, 0.3) is 0 Å². The minimum Gasteiger partial charge on any atom is -0.332 e. The van der Waals surface area contributed by atoms with Gasteiger partial charge in [-0.15, -0.1) is 11.3 Å². The lowest BCUT2D eigenvalue weighted by Gasteiger charge is -2.46. The van der Waals surface area contributed by atoms with Crippen molar-refractivity contribution in [3.8, 4) is 0 Å². The zero-order chi connectivity index (χ0) is 26.0. The molecular weight excluding hydrogens is 471 g/mol. The summed E-state index contributed by atoms with van der Waals surface area (Å²) in [5.41, 5.74) is 2.03. The number of nitrogens with one attached hydrogen (secondary N) is 2. The molecule has 1 aromatic carbocycles. The van der Waals surface area contributed by atoms with Gasteiger partial charge in [-0.3, -0.25) is 9.88 Å². The molecule has 192 valence electrons. The average Bonchev–Trinajstić information content (AvgIpc) is 3.46. The first-order valence-electron chi connectivity index (χ1n) is 12.6. The zero-order valence-electron chi connectivity index (χ0n) is 21.9. The van der Waals surface area contributed by atoms with Crippen LogP contribution in [0.3, 0.4) is 0 Å². The largest absolute Gasteiger partial charge is 0.332 e. The van der Waals surface area contributed by atoms with Crippen molar-refractivity contribution in [3.05, 3.63) is 82.1 Å². The van der Waals surface area contributed by atoms with Gasteiger partial charge in [-0.05, 0) is 96.3 Å². The summed E-state index contributed by atoms with van der Waals surface area (Å²) in [6.07, 6.45) is 4.54. The number of carbonyl (C=O) groups is 1. The molecule has 2 N–H and O–H groups in total. The quantitative estimate of drug-likeness (QED) is 0.354. The second-order valence-electron chi connectivity index (χ2n) is 11.0. The van der Waals surface area contributed by atoms with Gasteiger partial charge in [0.25, 0.3) is 0 Å². The van der Waals surface area contributed by atoms with Crippen LogP contribution < -0.4 is 10.6 Å². The summed E-state index contributed by atoms with van der Waals surface area (Å²) in [6.45, 7) is 12.5. The van der Waals surface area contributed by atoms with Gasteiger partial charge in [0.2, 0.25) is 0 Å². The van der Waals surface area contributed by atoms with E-state index in [1.54, 1.807) is 0 Å². The molecule has 0 saturated carbocycles. The first-order chi connectivity index (χ1) is 17.0. The lowest BCUT2D eigenvalue weighted by Crippen LogP contribution is -2.59. The fourth-order valence-corrected chi connectivity index (χ4v) is 6.06. The monoisotopic (exact) mass is 508 g/mol. The summed E-state index contributed by atoms with van der Waals surface area (Å²) in [7, 11) is 0. The Morgan fingerprint density at radius 1 is 1.11 bits per heavy atom. The molecule has 0 bridgehead atoms. The van der Waals surface area contributed by atoms with E-state index in [1.807, 2.05) is 49.5 Å². The molecule has 0 radical (unpaired) electrons. The summed E-state index contributed by atoms with van der Waals surface area (Å²) in [4.78, 5) is 21.1. The van der Waals surface area contributed by atoms with Crippen LogP contribution in [0.15, 0.2) is 60.8 Å². The van der Waals surface area contributed by atoms with Crippen LogP contribution in [-0.4, -0.2) is 34.5 Å². The fourth-order valence-electron chi connectivity index (χ4n) is 5.34. The number of anilines is 1. The number of aromatic nitrogens is 1. The molecular formula is C29H37FN4OS. The standard InChI is InChI=1S/C29H37FN4OS/c1-21-11-12-22(19-31-21)27(2,3)34-18-17-29(20-34,16-15-24-13-14-25(30)36-24)28(4,5)33-26(35)32-23-9-7-6-8-10-23/h6-14,19H,15-18,20H2,1-5H3,(H2,32,33,35). The molecule has 3 aromatic rings. The van der Waals surface area contributed by atoms with Crippen LogP contribution in [0.5, 0.6) is 0 Å². The zero-order valence-corrected chi connectivity index (χ0v) is 22.7. The number of halogens is 1. The van der Waals surface area contributed by atoms with Gasteiger partial charge >= 0.3 is 6.03 Å². The highest BCUT2D eigenvalue weighted by atomic mass is 32.1. The Balaban J connectivity index is 1.57. The van der Waals surface area contributed by atoms with E-state index in [9.17, 15) is 9.18 Å². The maximum atomic E-state index is 13.7. The Morgan fingerprint density at radius 2 is 1.86 bits per heavy atom. The molecule has 7 heteroatoms. The lowest BCUT2D eigenvalue weighted by atomic mass is 9.67. The Morgan fingerprint density at radius 3 is 2.50 bits per heavy atom. The number of nitrogens with zero attached hydrogens (tertiary/aromatic N) is 2. The molecule has 1 fully saturated rings. The van der Waals surface area contributed by atoms with Gasteiger partial charge in [-0.25, -0.2) is 4.79 Å². The van der Waals surface area contributed by atoms with Crippen molar-refractivity contribution < 1.29 is 9.18 Å².